The van der Waals surface area contributed by atoms with Crippen LogP contribution in [-0.2, 0) is 4.79 Å². The van der Waals surface area contributed by atoms with Gasteiger partial charge in [-0.1, -0.05) is 31.7 Å². The highest BCUT2D eigenvalue weighted by molar-refractivity contribution is 7.99. The van der Waals surface area contributed by atoms with Crippen LogP contribution < -0.4 is 10.6 Å². The highest BCUT2D eigenvalue weighted by Crippen LogP contribution is 2.23. The first-order valence-corrected chi connectivity index (χ1v) is 11.0. The molecule has 0 unspecified atom stereocenters. The standard InChI is InChI=1S/C18H19N7O4S2/c1-10(2)14(21-16(27)11-4-3-5-12(8-11)25(28)29)15-22-18(24-23-15)31-9-13(26)20-17-19-6-7-30-17/h3-8,10,14H,9H2,1-2H3,(H,21,27)(H,19,20,26)(H,22,23,24)/t14-/m0/s1. The Hall–Kier alpha value is -3.32. The fourth-order valence-electron chi connectivity index (χ4n) is 2.57. The van der Waals surface area contributed by atoms with E-state index in [0.717, 1.165) is 11.8 Å². The van der Waals surface area contributed by atoms with Crippen LogP contribution in [0.15, 0.2) is 41.0 Å². The first-order chi connectivity index (χ1) is 14.8. The molecule has 0 aliphatic rings. The number of rotatable bonds is 9. The van der Waals surface area contributed by atoms with Crippen LogP contribution in [0.5, 0.6) is 0 Å². The fraction of sp³-hybridized carbons (Fsp3) is 0.278. The van der Waals surface area contributed by atoms with Gasteiger partial charge in [0.05, 0.1) is 16.7 Å². The van der Waals surface area contributed by atoms with Crippen molar-refractivity contribution >= 4 is 45.7 Å². The monoisotopic (exact) mass is 461 g/mol. The van der Waals surface area contributed by atoms with Gasteiger partial charge in [0.15, 0.2) is 5.13 Å². The van der Waals surface area contributed by atoms with E-state index in [1.54, 1.807) is 11.6 Å². The molecule has 1 atom stereocenters. The quantitative estimate of drug-likeness (QED) is 0.249. The van der Waals surface area contributed by atoms with E-state index in [2.05, 4.69) is 30.8 Å². The van der Waals surface area contributed by atoms with Gasteiger partial charge >= 0.3 is 0 Å². The molecule has 0 aliphatic heterocycles. The number of hydrogen-bond acceptors (Lipinski definition) is 9. The summed E-state index contributed by atoms with van der Waals surface area (Å²) in [5.74, 6) is -0.205. The summed E-state index contributed by atoms with van der Waals surface area (Å²) in [6, 6.07) is 4.99. The number of carbonyl (C=O) groups excluding carboxylic acids is 2. The molecule has 2 amide bonds. The summed E-state index contributed by atoms with van der Waals surface area (Å²) in [6.45, 7) is 3.80. The van der Waals surface area contributed by atoms with E-state index in [9.17, 15) is 19.7 Å². The van der Waals surface area contributed by atoms with Crippen molar-refractivity contribution in [1.82, 2.24) is 25.5 Å². The highest BCUT2D eigenvalue weighted by Gasteiger charge is 2.24. The van der Waals surface area contributed by atoms with E-state index in [4.69, 9.17) is 0 Å². The van der Waals surface area contributed by atoms with E-state index in [0.29, 0.717) is 16.1 Å². The molecule has 0 saturated carbocycles. The average molecular weight is 462 g/mol. The Morgan fingerprint density at radius 3 is 2.84 bits per heavy atom. The Kier molecular flexibility index (Phi) is 7.31. The van der Waals surface area contributed by atoms with Gasteiger partial charge in [-0.2, -0.15) is 0 Å². The maximum Gasteiger partial charge on any atom is 0.270 e. The lowest BCUT2D eigenvalue weighted by Gasteiger charge is -2.19. The summed E-state index contributed by atoms with van der Waals surface area (Å²) in [5, 5.41) is 26.0. The minimum absolute atomic E-state index is 0.0401. The number of anilines is 1. The average Bonchev–Trinajstić information content (AvgIpc) is 3.42. The van der Waals surface area contributed by atoms with Crippen molar-refractivity contribution in [3.05, 3.63) is 57.3 Å². The SMILES string of the molecule is CC(C)[C@H](NC(=O)c1cccc([N+](=O)[O-])c1)c1nc(SCC(=O)Nc2nccs2)n[nH]1. The molecular formula is C18H19N7O4S2. The second-order valence-electron chi connectivity index (χ2n) is 6.68. The number of thiazole rings is 1. The molecule has 0 radical (unpaired) electrons. The Bertz CT molecular complexity index is 1070. The van der Waals surface area contributed by atoms with Gasteiger partial charge in [-0.3, -0.25) is 24.8 Å². The molecule has 0 spiro atoms. The summed E-state index contributed by atoms with van der Waals surface area (Å²) in [7, 11) is 0. The first kappa shape index (κ1) is 22.4. The van der Waals surface area contributed by atoms with Gasteiger partial charge in [-0.15, -0.1) is 16.4 Å². The molecule has 2 aromatic heterocycles. The van der Waals surface area contributed by atoms with Crippen LogP contribution in [0.3, 0.4) is 0 Å². The Labute approximate surface area is 185 Å². The predicted molar refractivity (Wildman–Crippen MR) is 116 cm³/mol. The molecule has 13 heteroatoms. The lowest BCUT2D eigenvalue weighted by Crippen LogP contribution is -2.32. The second kappa shape index (κ2) is 10.1. The molecule has 31 heavy (non-hydrogen) atoms. The van der Waals surface area contributed by atoms with Crippen LogP contribution in [-0.4, -0.2) is 42.7 Å². The zero-order chi connectivity index (χ0) is 22.4. The minimum Gasteiger partial charge on any atom is -0.342 e. The third-order valence-corrected chi connectivity index (χ3v) is 5.60. The Morgan fingerprint density at radius 1 is 1.35 bits per heavy atom. The number of nitrogens with zero attached hydrogens (tertiary/aromatic N) is 4. The number of nitro benzene ring substituents is 1. The number of thioether (sulfide) groups is 1. The van der Waals surface area contributed by atoms with Crippen LogP contribution >= 0.6 is 23.1 Å². The van der Waals surface area contributed by atoms with E-state index in [-0.39, 0.29) is 28.8 Å². The maximum atomic E-state index is 12.6. The summed E-state index contributed by atoms with van der Waals surface area (Å²) in [4.78, 5) is 43.3. The van der Waals surface area contributed by atoms with Gasteiger partial charge in [0, 0.05) is 29.3 Å². The largest absolute Gasteiger partial charge is 0.342 e. The summed E-state index contributed by atoms with van der Waals surface area (Å²) >= 11 is 2.47. The maximum absolute atomic E-state index is 12.6. The normalized spacial score (nSPS) is 11.8. The predicted octanol–water partition coefficient (Wildman–Crippen LogP) is 3.03. The van der Waals surface area contributed by atoms with Crippen molar-refractivity contribution in [2.24, 2.45) is 5.92 Å². The fourth-order valence-corrected chi connectivity index (χ4v) is 3.72. The van der Waals surface area contributed by atoms with Gasteiger partial charge in [-0.25, -0.2) is 9.97 Å². The van der Waals surface area contributed by atoms with Crippen LogP contribution in [0.1, 0.15) is 36.1 Å². The van der Waals surface area contributed by atoms with E-state index < -0.39 is 16.9 Å². The third-order valence-electron chi connectivity index (χ3n) is 4.06. The van der Waals surface area contributed by atoms with Crippen LogP contribution in [0.25, 0.3) is 0 Å². The number of hydrogen-bond donors (Lipinski definition) is 3. The van der Waals surface area contributed by atoms with Crippen molar-refractivity contribution in [3.63, 3.8) is 0 Å². The molecule has 0 aliphatic carbocycles. The van der Waals surface area contributed by atoms with Crippen molar-refractivity contribution in [1.29, 1.82) is 0 Å². The van der Waals surface area contributed by atoms with Crippen molar-refractivity contribution in [3.8, 4) is 0 Å². The molecule has 11 nitrogen and oxygen atoms in total. The van der Waals surface area contributed by atoms with Gasteiger partial charge < -0.3 is 10.6 Å². The molecule has 0 saturated heterocycles. The first-order valence-electron chi connectivity index (χ1n) is 9.13. The highest BCUT2D eigenvalue weighted by atomic mass is 32.2. The van der Waals surface area contributed by atoms with Gasteiger partial charge in [0.1, 0.15) is 5.82 Å². The molecule has 3 N–H and O–H groups in total. The third kappa shape index (κ3) is 6.08. The molecule has 2 heterocycles. The molecule has 3 aromatic rings. The van der Waals surface area contributed by atoms with Crippen LogP contribution in [0.2, 0.25) is 0 Å². The zero-order valence-electron chi connectivity index (χ0n) is 16.6. The molecule has 0 fully saturated rings. The number of nitrogens with one attached hydrogen (secondary N) is 3. The molecule has 3 rings (SSSR count). The molecule has 0 bridgehead atoms. The number of amides is 2. The van der Waals surface area contributed by atoms with Crippen molar-refractivity contribution in [2.75, 3.05) is 11.1 Å². The Morgan fingerprint density at radius 2 is 2.16 bits per heavy atom. The number of carbonyl (C=O) groups is 2. The number of aromatic nitrogens is 4. The summed E-state index contributed by atoms with van der Waals surface area (Å²) in [5.41, 5.74) is 0.0101. The smallest absolute Gasteiger partial charge is 0.270 e. The van der Waals surface area contributed by atoms with Crippen molar-refractivity contribution < 1.29 is 14.5 Å². The molecule has 1 aromatic carbocycles. The molecular weight excluding hydrogens is 442 g/mol. The number of benzene rings is 1. The van der Waals surface area contributed by atoms with Gasteiger partial charge in [-0.05, 0) is 12.0 Å². The van der Waals surface area contributed by atoms with Crippen molar-refractivity contribution in [2.45, 2.75) is 25.0 Å². The minimum atomic E-state index is -0.554. The lowest BCUT2D eigenvalue weighted by molar-refractivity contribution is -0.384. The summed E-state index contributed by atoms with van der Waals surface area (Å²) < 4.78 is 0. The van der Waals surface area contributed by atoms with Gasteiger partial charge in [0.25, 0.3) is 11.6 Å². The lowest BCUT2D eigenvalue weighted by atomic mass is 10.0. The summed E-state index contributed by atoms with van der Waals surface area (Å²) in [6.07, 6.45) is 1.60. The molecule has 162 valence electrons. The van der Waals surface area contributed by atoms with E-state index >= 15 is 0 Å². The van der Waals surface area contributed by atoms with E-state index in [1.165, 1.54) is 35.6 Å². The second-order valence-corrected chi connectivity index (χ2v) is 8.52. The van der Waals surface area contributed by atoms with Crippen LogP contribution in [0, 0.1) is 16.0 Å². The number of nitro groups is 1. The zero-order valence-corrected chi connectivity index (χ0v) is 18.2. The van der Waals surface area contributed by atoms with Crippen LogP contribution in [0.4, 0.5) is 10.8 Å². The number of H-pyrrole nitrogens is 1. The number of non-ortho nitro benzene ring substituents is 1. The number of aromatic amines is 1. The van der Waals surface area contributed by atoms with E-state index in [1.807, 2.05) is 13.8 Å². The Balaban J connectivity index is 1.63. The topological polar surface area (TPSA) is 156 Å². The van der Waals surface area contributed by atoms with Gasteiger partial charge in [0.2, 0.25) is 11.1 Å².